The number of aromatic nitrogens is 2. The number of benzene rings is 1. The van der Waals surface area contributed by atoms with E-state index in [4.69, 9.17) is 5.73 Å². The minimum Gasteiger partial charge on any atom is -0.383 e. The first kappa shape index (κ1) is 11.6. The van der Waals surface area contributed by atoms with E-state index in [1.807, 2.05) is 13.0 Å². The highest BCUT2D eigenvalue weighted by Crippen LogP contribution is 2.29. The third kappa shape index (κ3) is 1.74. The SMILES string of the molecule is Cc1ccc2nc(-c3cccc(F)c3F)c(N)n2c1. The lowest BCUT2D eigenvalue weighted by Gasteiger charge is -2.02. The second kappa shape index (κ2) is 4.05. The van der Waals surface area contributed by atoms with Crippen molar-refractivity contribution in [3.63, 3.8) is 0 Å². The van der Waals surface area contributed by atoms with E-state index in [-0.39, 0.29) is 11.3 Å². The Morgan fingerprint density at radius 3 is 2.74 bits per heavy atom. The summed E-state index contributed by atoms with van der Waals surface area (Å²) in [5, 5.41) is 0. The molecule has 0 radical (unpaired) electrons. The van der Waals surface area contributed by atoms with Crippen molar-refractivity contribution in [2.24, 2.45) is 0 Å². The summed E-state index contributed by atoms with van der Waals surface area (Å²) in [5.41, 5.74) is 7.89. The number of nitrogen functional groups attached to an aromatic ring is 1. The Labute approximate surface area is 108 Å². The van der Waals surface area contributed by atoms with Crippen LogP contribution in [-0.4, -0.2) is 9.38 Å². The van der Waals surface area contributed by atoms with Crippen molar-refractivity contribution < 1.29 is 8.78 Å². The average Bonchev–Trinajstić information content (AvgIpc) is 2.70. The topological polar surface area (TPSA) is 43.3 Å². The smallest absolute Gasteiger partial charge is 0.168 e. The molecule has 2 heterocycles. The molecule has 2 N–H and O–H groups in total. The fourth-order valence-electron chi connectivity index (χ4n) is 2.05. The van der Waals surface area contributed by atoms with Gasteiger partial charge in [-0.15, -0.1) is 0 Å². The van der Waals surface area contributed by atoms with E-state index in [9.17, 15) is 8.78 Å². The summed E-state index contributed by atoms with van der Waals surface area (Å²) in [6, 6.07) is 7.63. The van der Waals surface area contributed by atoms with Crippen LogP contribution in [0.25, 0.3) is 16.9 Å². The van der Waals surface area contributed by atoms with Gasteiger partial charge < -0.3 is 5.73 Å². The van der Waals surface area contributed by atoms with E-state index in [1.54, 1.807) is 16.7 Å². The fraction of sp³-hybridized carbons (Fsp3) is 0.0714. The van der Waals surface area contributed by atoms with Gasteiger partial charge in [0.2, 0.25) is 0 Å². The number of pyridine rings is 1. The summed E-state index contributed by atoms with van der Waals surface area (Å²) in [6.07, 6.45) is 1.80. The van der Waals surface area contributed by atoms with E-state index < -0.39 is 11.6 Å². The normalized spacial score (nSPS) is 11.1. The molecule has 0 saturated heterocycles. The number of nitrogens with zero attached hydrogens (tertiary/aromatic N) is 2. The maximum absolute atomic E-state index is 13.8. The standard InChI is InChI=1S/C14H11F2N3/c1-8-5-6-11-18-13(14(17)19(11)7-8)9-3-2-4-10(15)12(9)16/h2-7H,17H2,1H3. The van der Waals surface area contributed by atoms with Gasteiger partial charge in [0, 0.05) is 11.8 Å². The number of imidazole rings is 1. The third-order valence-corrected chi connectivity index (χ3v) is 3.01. The van der Waals surface area contributed by atoms with E-state index in [2.05, 4.69) is 4.98 Å². The molecule has 2 aromatic heterocycles. The number of nitrogens with two attached hydrogens (primary N) is 1. The van der Waals surface area contributed by atoms with Crippen molar-refractivity contribution in [1.82, 2.24) is 9.38 Å². The largest absolute Gasteiger partial charge is 0.383 e. The van der Waals surface area contributed by atoms with Crippen LogP contribution >= 0.6 is 0 Å². The number of aryl methyl sites for hydroxylation is 1. The number of fused-ring (bicyclic) bond motifs is 1. The lowest BCUT2D eigenvalue weighted by atomic mass is 10.1. The van der Waals surface area contributed by atoms with E-state index in [0.717, 1.165) is 11.6 Å². The zero-order chi connectivity index (χ0) is 13.6. The highest BCUT2D eigenvalue weighted by atomic mass is 19.2. The number of rotatable bonds is 1. The maximum Gasteiger partial charge on any atom is 0.168 e. The Bertz CT molecular complexity index is 778. The predicted molar refractivity (Wildman–Crippen MR) is 69.7 cm³/mol. The summed E-state index contributed by atoms with van der Waals surface area (Å²) in [6.45, 7) is 1.92. The minimum absolute atomic E-state index is 0.0684. The Balaban J connectivity index is 2.31. The Hall–Kier alpha value is -2.43. The van der Waals surface area contributed by atoms with Crippen LogP contribution in [0.15, 0.2) is 36.5 Å². The maximum atomic E-state index is 13.8. The van der Waals surface area contributed by atoms with Gasteiger partial charge in [0.25, 0.3) is 0 Å². The Kier molecular flexibility index (Phi) is 2.48. The molecule has 0 aliphatic heterocycles. The molecule has 0 amide bonds. The quantitative estimate of drug-likeness (QED) is 0.729. The number of hydrogen-bond acceptors (Lipinski definition) is 2. The van der Waals surface area contributed by atoms with Gasteiger partial charge in [0.05, 0.1) is 0 Å². The Morgan fingerprint density at radius 2 is 1.95 bits per heavy atom. The molecule has 0 aliphatic rings. The molecule has 0 unspecified atom stereocenters. The van der Waals surface area contributed by atoms with Crippen molar-refractivity contribution in [2.75, 3.05) is 5.73 Å². The minimum atomic E-state index is -0.936. The molecule has 3 aromatic rings. The monoisotopic (exact) mass is 259 g/mol. The van der Waals surface area contributed by atoms with Crippen molar-refractivity contribution in [1.29, 1.82) is 0 Å². The molecule has 19 heavy (non-hydrogen) atoms. The molecule has 0 saturated carbocycles. The molecule has 0 fully saturated rings. The van der Waals surface area contributed by atoms with Gasteiger partial charge in [-0.25, -0.2) is 13.8 Å². The van der Waals surface area contributed by atoms with Crippen molar-refractivity contribution in [2.45, 2.75) is 6.92 Å². The van der Waals surface area contributed by atoms with Crippen LogP contribution in [0, 0.1) is 18.6 Å². The molecule has 1 aromatic carbocycles. The molecule has 0 aliphatic carbocycles. The zero-order valence-corrected chi connectivity index (χ0v) is 10.2. The number of halogens is 2. The summed E-state index contributed by atoms with van der Waals surface area (Å²) in [7, 11) is 0. The molecule has 3 rings (SSSR count). The second-order valence-electron chi connectivity index (χ2n) is 4.38. The van der Waals surface area contributed by atoms with Crippen LogP contribution in [-0.2, 0) is 0 Å². The Morgan fingerprint density at radius 1 is 1.16 bits per heavy atom. The van der Waals surface area contributed by atoms with Gasteiger partial charge in [0.1, 0.15) is 17.2 Å². The van der Waals surface area contributed by atoms with E-state index >= 15 is 0 Å². The van der Waals surface area contributed by atoms with Crippen LogP contribution < -0.4 is 5.73 Å². The van der Waals surface area contributed by atoms with Crippen molar-refractivity contribution in [3.05, 3.63) is 53.7 Å². The van der Waals surface area contributed by atoms with E-state index in [0.29, 0.717) is 11.5 Å². The summed E-state index contributed by atoms with van der Waals surface area (Å²) >= 11 is 0. The van der Waals surface area contributed by atoms with Crippen molar-refractivity contribution >= 4 is 11.5 Å². The summed E-state index contributed by atoms with van der Waals surface area (Å²) < 4.78 is 28.7. The molecule has 0 bridgehead atoms. The average molecular weight is 259 g/mol. The molecule has 96 valence electrons. The van der Waals surface area contributed by atoms with Gasteiger partial charge in [-0.1, -0.05) is 12.1 Å². The first-order valence-corrected chi connectivity index (χ1v) is 5.76. The molecular weight excluding hydrogens is 248 g/mol. The highest BCUT2D eigenvalue weighted by molar-refractivity contribution is 5.75. The molecule has 5 heteroatoms. The van der Waals surface area contributed by atoms with Crippen LogP contribution in [0.4, 0.5) is 14.6 Å². The first-order valence-electron chi connectivity index (χ1n) is 5.76. The fourth-order valence-corrected chi connectivity index (χ4v) is 2.05. The second-order valence-corrected chi connectivity index (χ2v) is 4.38. The van der Waals surface area contributed by atoms with Gasteiger partial charge in [-0.2, -0.15) is 0 Å². The van der Waals surface area contributed by atoms with Crippen LogP contribution in [0.5, 0.6) is 0 Å². The van der Waals surface area contributed by atoms with Crippen molar-refractivity contribution in [3.8, 4) is 11.3 Å². The van der Waals surface area contributed by atoms with Crippen LogP contribution in [0.3, 0.4) is 0 Å². The lowest BCUT2D eigenvalue weighted by Crippen LogP contribution is -1.96. The summed E-state index contributed by atoms with van der Waals surface area (Å²) in [5.74, 6) is -1.55. The van der Waals surface area contributed by atoms with E-state index in [1.165, 1.54) is 12.1 Å². The van der Waals surface area contributed by atoms with Gasteiger partial charge in [-0.05, 0) is 30.7 Å². The van der Waals surface area contributed by atoms with Gasteiger partial charge >= 0.3 is 0 Å². The molecular formula is C14H11F2N3. The molecule has 3 nitrogen and oxygen atoms in total. The van der Waals surface area contributed by atoms with Crippen LogP contribution in [0.1, 0.15) is 5.56 Å². The van der Waals surface area contributed by atoms with Crippen LogP contribution in [0.2, 0.25) is 0 Å². The van der Waals surface area contributed by atoms with Gasteiger partial charge in [0.15, 0.2) is 11.6 Å². The predicted octanol–water partition coefficient (Wildman–Crippen LogP) is 3.17. The number of hydrogen-bond donors (Lipinski definition) is 1. The number of anilines is 1. The third-order valence-electron chi connectivity index (χ3n) is 3.01. The first-order chi connectivity index (χ1) is 9.08. The lowest BCUT2D eigenvalue weighted by molar-refractivity contribution is 0.511. The summed E-state index contributed by atoms with van der Waals surface area (Å²) in [4.78, 5) is 4.26. The molecule has 0 atom stereocenters. The zero-order valence-electron chi connectivity index (χ0n) is 10.2. The van der Waals surface area contributed by atoms with Gasteiger partial charge in [-0.3, -0.25) is 4.40 Å². The highest BCUT2D eigenvalue weighted by Gasteiger charge is 2.17. The molecule has 0 spiro atoms.